The number of anilines is 1. The Hall–Kier alpha value is -6.72. The number of fused-ring (bicyclic) bond motifs is 1. The maximum atomic E-state index is 13.4. The van der Waals surface area contributed by atoms with Crippen molar-refractivity contribution in [2.45, 2.75) is 43.0 Å². The minimum atomic E-state index is -1.27. The number of carbonyl (C=O) groups excluding carboxylic acids is 2. The molecule has 16 heteroatoms. The number of rotatable bonds is 19. The molecule has 4 atom stereocenters. The topological polar surface area (TPSA) is 192 Å². The lowest BCUT2D eigenvalue weighted by Gasteiger charge is -2.37. The number of carboxylic acids is 1. The van der Waals surface area contributed by atoms with Crippen molar-refractivity contribution in [2.24, 2.45) is 0 Å². The number of benzene rings is 4. The molecule has 16 nitrogen and oxygen atoms in total. The predicted molar refractivity (Wildman–Crippen MR) is 220 cm³/mol. The van der Waals surface area contributed by atoms with E-state index in [4.69, 9.17) is 33.2 Å². The number of methoxy groups -OCH3 is 3. The molecule has 0 saturated carbocycles. The Bertz CT molecular complexity index is 2350. The molecule has 6 aromatic rings. The van der Waals surface area contributed by atoms with Crippen LogP contribution in [0.25, 0.3) is 11.2 Å². The first kappa shape index (κ1) is 42.4. The lowest BCUT2D eigenvalue weighted by molar-refractivity contribution is -0.162. The van der Waals surface area contributed by atoms with Gasteiger partial charge in [-0.3, -0.25) is 19.0 Å². The molecular formula is C45H45N5O11. The number of nitrogens with one attached hydrogen (secondary N) is 1. The van der Waals surface area contributed by atoms with Gasteiger partial charge in [0.15, 0.2) is 29.3 Å². The maximum absolute atomic E-state index is 13.4. The monoisotopic (exact) mass is 831 g/mol. The molecule has 1 aliphatic heterocycles. The number of aliphatic carboxylic acids is 1. The van der Waals surface area contributed by atoms with Gasteiger partial charge in [-0.15, -0.1) is 0 Å². The van der Waals surface area contributed by atoms with E-state index < -0.39 is 60.8 Å². The fraction of sp³-hybridized carbons (Fsp3) is 0.289. The average molecular weight is 832 g/mol. The van der Waals surface area contributed by atoms with E-state index >= 15 is 0 Å². The van der Waals surface area contributed by atoms with Crippen molar-refractivity contribution in [3.63, 3.8) is 0 Å². The number of nitrogens with zero attached hydrogens (tertiary/aromatic N) is 4. The van der Waals surface area contributed by atoms with Crippen LogP contribution in [0.15, 0.2) is 122 Å². The van der Waals surface area contributed by atoms with Crippen LogP contribution in [0.2, 0.25) is 0 Å². The summed E-state index contributed by atoms with van der Waals surface area (Å²) < 4.78 is 44.4. The van der Waals surface area contributed by atoms with Crippen LogP contribution in [0.4, 0.5) is 5.82 Å². The molecule has 2 N–H and O–H groups in total. The Kier molecular flexibility index (Phi) is 13.6. The molecule has 1 fully saturated rings. The molecule has 0 radical (unpaired) electrons. The molecule has 61 heavy (non-hydrogen) atoms. The highest BCUT2D eigenvalue weighted by molar-refractivity contribution is 6.06. The van der Waals surface area contributed by atoms with Gasteiger partial charge in [0, 0.05) is 12.7 Å². The number of esters is 1. The molecule has 3 heterocycles. The van der Waals surface area contributed by atoms with Crippen LogP contribution in [-0.4, -0.2) is 102 Å². The van der Waals surface area contributed by atoms with Crippen LogP contribution in [-0.2, 0) is 38.9 Å². The highest BCUT2D eigenvalue weighted by Crippen LogP contribution is 2.44. The first-order valence-corrected chi connectivity index (χ1v) is 19.5. The summed E-state index contributed by atoms with van der Waals surface area (Å²) >= 11 is 0. The van der Waals surface area contributed by atoms with Crippen LogP contribution in [0.3, 0.4) is 0 Å². The highest BCUT2D eigenvalue weighted by atomic mass is 16.6. The van der Waals surface area contributed by atoms with Crippen molar-refractivity contribution in [3.8, 4) is 11.5 Å². The van der Waals surface area contributed by atoms with Crippen molar-refractivity contribution >= 4 is 34.8 Å². The summed E-state index contributed by atoms with van der Waals surface area (Å²) in [5.41, 5.74) is 2.00. The van der Waals surface area contributed by atoms with Gasteiger partial charge in [-0.25, -0.2) is 15.0 Å². The molecule has 0 spiro atoms. The minimum absolute atomic E-state index is 0.0728. The summed E-state index contributed by atoms with van der Waals surface area (Å²) in [5.74, 6) is -0.872. The first-order chi connectivity index (χ1) is 29.7. The van der Waals surface area contributed by atoms with Gasteiger partial charge >= 0.3 is 11.9 Å². The lowest BCUT2D eigenvalue weighted by Crippen LogP contribution is -2.43. The highest BCUT2D eigenvalue weighted by Gasteiger charge is 2.51. The minimum Gasteiger partial charge on any atom is -0.497 e. The van der Waals surface area contributed by atoms with E-state index in [-0.39, 0.29) is 36.8 Å². The lowest BCUT2D eigenvalue weighted by atomic mass is 9.80. The van der Waals surface area contributed by atoms with E-state index in [9.17, 15) is 19.5 Å². The number of imidazole rings is 1. The summed E-state index contributed by atoms with van der Waals surface area (Å²) in [4.78, 5) is 51.4. The second-order valence-electron chi connectivity index (χ2n) is 13.9. The van der Waals surface area contributed by atoms with Gasteiger partial charge in [0.05, 0.1) is 53.2 Å². The maximum Gasteiger partial charge on any atom is 0.306 e. The second kappa shape index (κ2) is 19.6. The summed E-state index contributed by atoms with van der Waals surface area (Å²) in [6.07, 6.45) is -2.27. The molecule has 2 aromatic heterocycles. The van der Waals surface area contributed by atoms with E-state index in [0.717, 1.165) is 16.7 Å². The van der Waals surface area contributed by atoms with Gasteiger partial charge in [-0.05, 0) is 53.1 Å². The summed E-state index contributed by atoms with van der Waals surface area (Å²) in [5, 5.41) is 12.2. The Morgan fingerprint density at radius 2 is 1.38 bits per heavy atom. The summed E-state index contributed by atoms with van der Waals surface area (Å²) in [6.45, 7) is 0.0898. The fourth-order valence-corrected chi connectivity index (χ4v) is 7.25. The van der Waals surface area contributed by atoms with E-state index in [1.165, 1.54) is 19.8 Å². The Labute approximate surface area is 351 Å². The van der Waals surface area contributed by atoms with Crippen LogP contribution in [0.5, 0.6) is 11.5 Å². The Balaban J connectivity index is 1.30. The fourth-order valence-electron chi connectivity index (χ4n) is 7.25. The van der Waals surface area contributed by atoms with Gasteiger partial charge in [-0.2, -0.15) is 0 Å². The van der Waals surface area contributed by atoms with E-state index in [0.29, 0.717) is 17.1 Å². The van der Waals surface area contributed by atoms with E-state index in [1.807, 2.05) is 84.9 Å². The third kappa shape index (κ3) is 9.37. The number of ether oxygens (including phenoxy) is 7. The molecule has 316 valence electrons. The summed E-state index contributed by atoms with van der Waals surface area (Å²) in [7, 11) is 4.71. The van der Waals surface area contributed by atoms with Gasteiger partial charge < -0.3 is 43.6 Å². The van der Waals surface area contributed by atoms with Crippen molar-refractivity contribution < 1.29 is 52.6 Å². The van der Waals surface area contributed by atoms with Crippen LogP contribution >= 0.6 is 0 Å². The molecule has 0 unspecified atom stereocenters. The largest absolute Gasteiger partial charge is 0.497 e. The van der Waals surface area contributed by atoms with Gasteiger partial charge in [0.2, 0.25) is 0 Å². The average Bonchev–Trinajstić information content (AvgIpc) is 3.88. The van der Waals surface area contributed by atoms with Crippen molar-refractivity contribution in [1.29, 1.82) is 0 Å². The van der Waals surface area contributed by atoms with Crippen LogP contribution in [0.1, 0.15) is 46.1 Å². The zero-order chi connectivity index (χ0) is 42.8. The quantitative estimate of drug-likeness (QED) is 0.0565. The van der Waals surface area contributed by atoms with E-state index in [1.54, 1.807) is 43.1 Å². The molecule has 7 rings (SSSR count). The molecule has 0 aliphatic carbocycles. The molecule has 1 saturated heterocycles. The Morgan fingerprint density at radius 1 is 0.754 bits per heavy atom. The van der Waals surface area contributed by atoms with Crippen molar-refractivity contribution in [3.05, 3.63) is 144 Å². The van der Waals surface area contributed by atoms with Crippen LogP contribution < -0.4 is 14.8 Å². The zero-order valence-corrected chi connectivity index (χ0v) is 33.7. The first-order valence-electron chi connectivity index (χ1n) is 19.5. The number of hydrogen-bond donors (Lipinski definition) is 2. The molecular weight excluding hydrogens is 787 g/mol. The normalized spacial score (nSPS) is 17.5. The number of amides is 1. The molecule has 4 aromatic carbocycles. The van der Waals surface area contributed by atoms with Gasteiger partial charge in [0.1, 0.15) is 35.6 Å². The van der Waals surface area contributed by atoms with Gasteiger partial charge in [0.25, 0.3) is 5.91 Å². The number of hydrogen-bond acceptors (Lipinski definition) is 13. The molecule has 0 bridgehead atoms. The van der Waals surface area contributed by atoms with Crippen LogP contribution in [0, 0.1) is 0 Å². The predicted octanol–water partition coefficient (Wildman–Crippen LogP) is 5.81. The molecule has 1 amide bonds. The van der Waals surface area contributed by atoms with E-state index in [2.05, 4.69) is 20.3 Å². The smallest absolute Gasteiger partial charge is 0.306 e. The number of aromatic nitrogens is 4. The third-order valence-corrected chi connectivity index (χ3v) is 10.2. The third-order valence-electron chi connectivity index (χ3n) is 10.2. The number of carbonyl (C=O) groups is 3. The van der Waals surface area contributed by atoms with Crippen molar-refractivity contribution in [2.75, 3.05) is 46.5 Å². The Morgan fingerprint density at radius 3 is 1.98 bits per heavy atom. The standard InChI is InChI=1S/C45H45N5O11/c1-55-24-25-58-40-39(61-37(53)23-22-36(51)52)35(60-44(40)50-28-48-38-41(46-27-47-42(38)50)49-43(54)29-10-6-4-7-11-29)26-59-45(30-12-8-5-9-13-30,31-14-18-33(56-2)19-15-31)32-16-20-34(57-3)21-17-32/h4-21,27-28,35,39-40,44H,22-26H2,1-3H3,(H,51,52)(H,46,47,49,54)/t35-,39-,40-,44-/m1/s1. The molecule has 1 aliphatic rings. The number of carboxylic acid groups (broad SMARTS) is 1. The second-order valence-corrected chi connectivity index (χ2v) is 13.9. The summed E-state index contributed by atoms with van der Waals surface area (Å²) in [6, 6.07) is 33.4. The zero-order valence-electron chi connectivity index (χ0n) is 33.7. The SMILES string of the molecule is COCCO[C@@H]1[C@H](OC(=O)CCC(=O)O)[C@@H](COC(c2ccccc2)(c2ccc(OC)cc2)c2ccc(OC)cc2)O[C@H]1n1cnc2c(NC(=O)c3ccccc3)ncnc21. The van der Waals surface area contributed by atoms with Crippen molar-refractivity contribution in [1.82, 2.24) is 19.5 Å². The van der Waals surface area contributed by atoms with Gasteiger partial charge in [-0.1, -0.05) is 72.8 Å².